The molecule has 1 aromatic heterocycles. The van der Waals surface area contributed by atoms with Crippen LogP contribution >= 0.6 is 0 Å². The maximum absolute atomic E-state index is 7.64. The maximum Gasteiger partial charge on any atom is 0.337 e. The third kappa shape index (κ3) is 5.11. The fraction of sp³-hybridized carbons (Fsp3) is 0.354. The third-order valence-electron chi connectivity index (χ3n) is 19.3. The minimum atomic E-state index is -0.220. The van der Waals surface area contributed by atoms with Crippen LogP contribution in [0.2, 0.25) is 0 Å². The summed E-state index contributed by atoms with van der Waals surface area (Å²) in [6, 6.07) is 43.4. The quantitative estimate of drug-likeness (QED) is 0.153. The van der Waals surface area contributed by atoms with Crippen molar-refractivity contribution in [3.05, 3.63) is 159 Å². The molecule has 0 fully saturated rings. The van der Waals surface area contributed by atoms with E-state index in [1.807, 2.05) is 0 Å². The van der Waals surface area contributed by atoms with Crippen molar-refractivity contribution in [1.82, 2.24) is 0 Å². The zero-order valence-corrected chi connectivity index (χ0v) is 43.1. The van der Waals surface area contributed by atoms with Crippen LogP contribution in [-0.2, 0) is 32.5 Å². The molecule has 0 saturated carbocycles. The molecule has 0 amide bonds. The van der Waals surface area contributed by atoms with Crippen LogP contribution in [0.3, 0.4) is 0 Å². The van der Waals surface area contributed by atoms with E-state index in [1.54, 1.807) is 0 Å². The number of furan rings is 1. The van der Waals surface area contributed by atoms with Gasteiger partial charge in [-0.1, -0.05) is 150 Å². The first-order valence-corrected chi connectivity index (χ1v) is 26.0. The SMILES string of the molecule is Cc1cc2c(cc1N1c3cc4c(c5c3B(c3c1ccc1c3oc3cc6c(cc31)C(C)(C)CCC6(C)C)N1c3ccccc3C(C)(C)c3cccc-5c31)-c1ccccc1C4(C)C)C(C)(C)CCC2(C)C. The molecule has 3 nitrogen and oxygen atoms in total. The number of benzene rings is 7. The molecule has 8 aromatic rings. The van der Waals surface area contributed by atoms with Crippen molar-refractivity contribution in [2.24, 2.45) is 0 Å². The number of fused-ring (bicyclic) bond motifs is 16. The van der Waals surface area contributed by atoms with Gasteiger partial charge in [-0.05, 0) is 169 Å². The smallest absolute Gasteiger partial charge is 0.337 e. The summed E-state index contributed by atoms with van der Waals surface area (Å²) in [7, 11) is 0. The van der Waals surface area contributed by atoms with E-state index < -0.39 is 0 Å². The van der Waals surface area contributed by atoms with Crippen molar-refractivity contribution in [1.29, 1.82) is 0 Å². The molecule has 0 bridgehead atoms. The summed E-state index contributed by atoms with van der Waals surface area (Å²) in [5, 5.41) is 2.43. The van der Waals surface area contributed by atoms with Gasteiger partial charge in [-0.15, -0.1) is 0 Å². The van der Waals surface area contributed by atoms with E-state index in [4.69, 9.17) is 4.42 Å². The summed E-state index contributed by atoms with van der Waals surface area (Å²) in [4.78, 5) is 5.47. The van der Waals surface area contributed by atoms with E-state index in [0.29, 0.717) is 0 Å². The number of aryl methyl sites for hydroxylation is 1. The van der Waals surface area contributed by atoms with Crippen molar-refractivity contribution >= 4 is 68.1 Å². The van der Waals surface area contributed by atoms with Crippen LogP contribution in [0.25, 0.3) is 44.2 Å². The van der Waals surface area contributed by atoms with Crippen molar-refractivity contribution < 1.29 is 4.42 Å². The van der Waals surface area contributed by atoms with Gasteiger partial charge in [0.25, 0.3) is 0 Å². The Hall–Kier alpha value is -6.00. The Balaban J connectivity index is 1.19. The molecule has 0 atom stereocenters. The van der Waals surface area contributed by atoms with Gasteiger partial charge < -0.3 is 14.1 Å². The lowest BCUT2D eigenvalue weighted by atomic mass is 9.41. The van der Waals surface area contributed by atoms with Crippen LogP contribution in [0.1, 0.15) is 159 Å². The van der Waals surface area contributed by atoms with Gasteiger partial charge in [-0.3, -0.25) is 0 Å². The highest BCUT2D eigenvalue weighted by atomic mass is 16.3. The van der Waals surface area contributed by atoms with E-state index in [2.05, 4.69) is 209 Å². The van der Waals surface area contributed by atoms with Gasteiger partial charge in [-0.25, -0.2) is 0 Å². The molecular weight excluding hydrogens is 836 g/mol. The van der Waals surface area contributed by atoms with E-state index in [0.717, 1.165) is 24.0 Å². The molecule has 3 aliphatic carbocycles. The zero-order valence-electron chi connectivity index (χ0n) is 43.1. The fourth-order valence-electron chi connectivity index (χ4n) is 15.0. The molecule has 0 N–H and O–H groups in total. The predicted molar refractivity (Wildman–Crippen MR) is 292 cm³/mol. The van der Waals surface area contributed by atoms with Crippen LogP contribution < -0.4 is 20.6 Å². The number of hydrogen-bond donors (Lipinski definition) is 0. The van der Waals surface area contributed by atoms with Crippen LogP contribution in [-0.4, -0.2) is 6.85 Å². The Morgan fingerprint density at radius 2 is 1.00 bits per heavy atom. The van der Waals surface area contributed by atoms with Gasteiger partial charge in [0.05, 0.1) is 0 Å². The molecule has 344 valence electrons. The third-order valence-corrected chi connectivity index (χ3v) is 19.3. The Morgan fingerprint density at radius 3 is 1.71 bits per heavy atom. The van der Waals surface area contributed by atoms with Crippen LogP contribution in [0.4, 0.5) is 28.4 Å². The maximum atomic E-state index is 7.64. The molecule has 0 unspecified atom stereocenters. The second-order valence-corrected chi connectivity index (χ2v) is 25.8. The largest absolute Gasteiger partial charge is 0.456 e. The van der Waals surface area contributed by atoms with Gasteiger partial charge in [0, 0.05) is 61.1 Å². The molecule has 7 aromatic carbocycles. The molecule has 3 aliphatic heterocycles. The summed E-state index contributed by atoms with van der Waals surface area (Å²) in [5.74, 6) is 0. The second-order valence-electron chi connectivity index (χ2n) is 25.8. The average molecular weight is 901 g/mol. The number of rotatable bonds is 1. The van der Waals surface area contributed by atoms with E-state index in [9.17, 15) is 0 Å². The number of anilines is 5. The Labute approximate surface area is 410 Å². The van der Waals surface area contributed by atoms with E-state index >= 15 is 0 Å². The topological polar surface area (TPSA) is 19.6 Å². The van der Waals surface area contributed by atoms with Crippen molar-refractivity contribution in [2.75, 3.05) is 9.71 Å². The standard InChI is InChI=1S/C65H65BN2O/c1-36-31-44-46(62(6,7)29-27-60(44,2)3)33-51(36)67-50-26-25-37-40-32-45-47(63(8,9)30-28-61(45,4)5)35-53(40)69-59(37)57(50)66-56-52(67)34-48-54(38-19-14-15-21-41(38)64(48,10)11)55(56)39-20-18-23-43-58(39)68(66)49-24-17-16-22-42(49)65(43,12)13/h14-26,31-35H,27-30H2,1-13H3. The second kappa shape index (κ2) is 12.9. The van der Waals surface area contributed by atoms with E-state index in [-0.39, 0.29) is 39.3 Å². The van der Waals surface area contributed by atoms with Gasteiger partial charge in [0.1, 0.15) is 11.2 Å². The molecule has 0 radical (unpaired) electrons. The van der Waals surface area contributed by atoms with Crippen LogP contribution in [0.5, 0.6) is 0 Å². The minimum Gasteiger partial charge on any atom is -0.456 e. The number of para-hydroxylation sites is 2. The van der Waals surface area contributed by atoms with Crippen molar-refractivity contribution in [2.45, 2.75) is 148 Å². The Kier molecular flexibility index (Phi) is 7.81. The fourth-order valence-corrected chi connectivity index (χ4v) is 15.0. The first-order valence-electron chi connectivity index (χ1n) is 26.0. The lowest BCUT2D eigenvalue weighted by Gasteiger charge is -2.51. The van der Waals surface area contributed by atoms with Gasteiger partial charge >= 0.3 is 6.85 Å². The average Bonchev–Trinajstić information content (AvgIpc) is 3.79. The normalized spacial score (nSPS) is 20.3. The summed E-state index contributed by atoms with van der Waals surface area (Å²) in [6.45, 7) is 31.6. The van der Waals surface area contributed by atoms with Gasteiger partial charge in [-0.2, -0.15) is 0 Å². The van der Waals surface area contributed by atoms with Crippen LogP contribution in [0, 0.1) is 6.92 Å². The Bertz CT molecular complexity index is 3670. The monoisotopic (exact) mass is 901 g/mol. The molecule has 14 rings (SSSR count). The van der Waals surface area contributed by atoms with Crippen molar-refractivity contribution in [3.63, 3.8) is 0 Å². The number of hydrogen-bond acceptors (Lipinski definition) is 3. The highest BCUT2D eigenvalue weighted by Crippen LogP contribution is 2.62. The molecule has 4 heterocycles. The number of nitrogens with zero attached hydrogens (tertiary/aromatic N) is 2. The molecular formula is C65H65BN2O. The first-order chi connectivity index (χ1) is 32.6. The molecule has 0 saturated heterocycles. The zero-order chi connectivity index (χ0) is 47.9. The highest BCUT2D eigenvalue weighted by molar-refractivity contribution is 6.95. The summed E-state index contributed by atoms with van der Waals surface area (Å²) < 4.78 is 7.64. The molecule has 69 heavy (non-hydrogen) atoms. The first kappa shape index (κ1) is 41.9. The van der Waals surface area contributed by atoms with E-state index in [1.165, 1.54) is 135 Å². The lowest BCUT2D eigenvalue weighted by Crippen LogP contribution is -2.63. The minimum absolute atomic E-state index is 0.0401. The Morgan fingerprint density at radius 1 is 0.435 bits per heavy atom. The molecule has 6 aliphatic rings. The van der Waals surface area contributed by atoms with Gasteiger partial charge in [0.2, 0.25) is 0 Å². The van der Waals surface area contributed by atoms with Crippen molar-refractivity contribution in [3.8, 4) is 22.3 Å². The summed E-state index contributed by atoms with van der Waals surface area (Å²) in [5.41, 5.74) is 29.1. The molecule has 0 spiro atoms. The lowest BCUT2D eigenvalue weighted by molar-refractivity contribution is 0.332. The summed E-state index contributed by atoms with van der Waals surface area (Å²) >= 11 is 0. The van der Waals surface area contributed by atoms with Gasteiger partial charge in [0.15, 0.2) is 0 Å². The highest BCUT2D eigenvalue weighted by Gasteiger charge is 2.54. The molecule has 4 heteroatoms. The predicted octanol–water partition coefficient (Wildman–Crippen LogP) is 16.2. The summed E-state index contributed by atoms with van der Waals surface area (Å²) in [6.07, 6.45) is 4.68. The van der Waals surface area contributed by atoms with Crippen LogP contribution in [0.15, 0.2) is 114 Å².